The summed E-state index contributed by atoms with van der Waals surface area (Å²) in [5.41, 5.74) is 3.82. The quantitative estimate of drug-likeness (QED) is 0.241. The van der Waals surface area contributed by atoms with Gasteiger partial charge in [0.15, 0.2) is 5.82 Å². The molecule has 0 unspecified atom stereocenters. The molecule has 15 heteroatoms. The first-order valence-corrected chi connectivity index (χ1v) is 11.8. The molecule has 1 fully saturated rings. The first kappa shape index (κ1) is 20.6. The summed E-state index contributed by atoms with van der Waals surface area (Å²) in [4.78, 5) is 15.6. The van der Waals surface area contributed by atoms with E-state index in [-0.39, 0.29) is 22.8 Å². The lowest BCUT2D eigenvalue weighted by Gasteiger charge is -2.25. The first-order valence-electron chi connectivity index (χ1n) is 12.2. The van der Waals surface area contributed by atoms with E-state index in [0.29, 0.717) is 0 Å². The number of nitriles is 1. The minimum Gasteiger partial charge on any atom is -0.480 e. The van der Waals surface area contributed by atoms with Crippen LogP contribution < -0.4 is 15.3 Å². The third kappa shape index (κ3) is 4.63. The molecule has 2 aromatic heterocycles. The van der Waals surface area contributed by atoms with Crippen LogP contribution in [0.25, 0.3) is 5.52 Å². The maximum Gasteiger partial charge on any atom is 0.459 e. The number of nitrogens with zero attached hydrogens (tertiary/aromatic N) is 4. The predicted octanol–water partition coefficient (Wildman–Crippen LogP) is 0.417. The maximum atomic E-state index is 13.7. The van der Waals surface area contributed by atoms with Gasteiger partial charge in [0, 0.05) is 4.11 Å². The Kier molecular flexibility index (Phi) is 5.62. The van der Waals surface area contributed by atoms with Crippen LogP contribution in [0.2, 0.25) is 0 Å². The van der Waals surface area contributed by atoms with Gasteiger partial charge in [-0.15, -0.1) is 0 Å². The number of nitrogens with one attached hydrogen (secondary N) is 1. The average Bonchev–Trinajstić information content (AvgIpc) is 3.43. The van der Waals surface area contributed by atoms with E-state index in [1.807, 2.05) is 0 Å². The van der Waals surface area contributed by atoms with Gasteiger partial charge in [0.2, 0.25) is 5.60 Å². The maximum absolute atomic E-state index is 13.7. The van der Waals surface area contributed by atoms with E-state index in [4.69, 9.17) is 25.0 Å². The number of aliphatic carboxylic acids is 1. The van der Waals surface area contributed by atoms with Gasteiger partial charge >= 0.3 is 13.7 Å². The number of benzene rings is 1. The Hall–Kier alpha value is -3.57. The number of ether oxygens (including phenoxy) is 1. The normalized spacial score (nSPS) is 29.1. The first-order chi connectivity index (χ1) is 18.7. The van der Waals surface area contributed by atoms with E-state index in [1.165, 1.54) is 40.9 Å². The summed E-state index contributed by atoms with van der Waals surface area (Å²) in [5, 5.41) is 46.8. The molecule has 6 atom stereocenters. The molecule has 0 amide bonds. The van der Waals surface area contributed by atoms with Gasteiger partial charge < -0.3 is 30.3 Å². The van der Waals surface area contributed by atoms with Crippen molar-refractivity contribution in [3.8, 4) is 11.8 Å². The van der Waals surface area contributed by atoms with Crippen molar-refractivity contribution < 1.29 is 43.9 Å². The Morgan fingerprint density at radius 2 is 2.19 bits per heavy atom. The molecule has 14 nitrogen and oxygen atoms in total. The second-order valence-electron chi connectivity index (χ2n) is 7.59. The van der Waals surface area contributed by atoms with Gasteiger partial charge in [-0.1, -0.05) is 18.2 Å². The molecule has 0 radical (unpaired) electrons. The zero-order chi connectivity index (χ0) is 29.5. The fourth-order valence-electron chi connectivity index (χ4n) is 3.61. The third-order valence-corrected chi connectivity index (χ3v) is 6.76. The predicted molar refractivity (Wildman–Crippen MR) is 122 cm³/mol. The van der Waals surface area contributed by atoms with Gasteiger partial charge in [-0.3, -0.25) is 9.32 Å². The molecule has 1 aliphatic heterocycles. The topological polar surface area (TPSA) is 215 Å². The fourth-order valence-corrected chi connectivity index (χ4v) is 4.88. The molecule has 3 heterocycles. The van der Waals surface area contributed by atoms with Crippen LogP contribution in [0, 0.1) is 11.3 Å². The van der Waals surface area contributed by atoms with Crippen molar-refractivity contribution in [2.75, 3.05) is 12.3 Å². The lowest BCUT2D eigenvalue weighted by atomic mass is 9.92. The molecule has 0 bridgehead atoms. The lowest BCUT2D eigenvalue weighted by Crippen LogP contribution is -2.41. The number of hydrogen-bond donors (Lipinski definition) is 5. The highest BCUT2D eigenvalue weighted by molar-refractivity contribution is 7.52. The van der Waals surface area contributed by atoms with Crippen molar-refractivity contribution in [3.63, 3.8) is 0 Å². The highest BCUT2D eigenvalue weighted by atomic mass is 31.2. The second-order valence-corrected chi connectivity index (χ2v) is 9.25. The van der Waals surface area contributed by atoms with Crippen LogP contribution in [0.4, 0.5) is 5.82 Å². The van der Waals surface area contributed by atoms with Crippen LogP contribution >= 0.6 is 7.75 Å². The van der Waals surface area contributed by atoms with Crippen molar-refractivity contribution in [1.82, 2.24) is 19.7 Å². The Labute approximate surface area is 210 Å². The molecule has 0 saturated carbocycles. The van der Waals surface area contributed by atoms with E-state index < -0.39 is 57.1 Å². The molecular formula is C21H23N6O8P. The number of nitrogens with two attached hydrogens (primary N) is 1. The highest BCUT2D eigenvalue weighted by Crippen LogP contribution is 2.47. The van der Waals surface area contributed by atoms with Crippen LogP contribution in [-0.4, -0.2) is 66.8 Å². The smallest absolute Gasteiger partial charge is 0.459 e. The van der Waals surface area contributed by atoms with Crippen molar-refractivity contribution >= 4 is 25.1 Å². The summed E-state index contributed by atoms with van der Waals surface area (Å²) in [6.45, 7) is -4.47. The fraction of sp³-hybridized carbons (Fsp3) is 0.333. The SMILES string of the molecule is [2H]C([2H])([2H])[C@]([2H])(N[P@](=O)(OC[C@H]1O[C@@](C#N)(c2ccc3c(N)ncnn23)[C@H](O)[C@@H]1O)Oc1ccccc1)C(=O)O. The van der Waals surface area contributed by atoms with Crippen LogP contribution in [-0.2, 0) is 24.2 Å². The van der Waals surface area contributed by atoms with Gasteiger partial charge in [0.05, 0.1) is 13.7 Å². The molecule has 190 valence electrons. The largest absolute Gasteiger partial charge is 0.480 e. The van der Waals surface area contributed by atoms with E-state index >= 15 is 0 Å². The summed E-state index contributed by atoms with van der Waals surface area (Å²) < 4.78 is 61.6. The van der Waals surface area contributed by atoms with Gasteiger partial charge in [0.1, 0.15) is 48.0 Å². The molecule has 1 aromatic carbocycles. The van der Waals surface area contributed by atoms with E-state index in [2.05, 4.69) is 10.1 Å². The number of hydrogen-bond acceptors (Lipinski definition) is 11. The molecule has 0 aliphatic carbocycles. The monoisotopic (exact) mass is 522 g/mol. The lowest BCUT2D eigenvalue weighted by molar-refractivity contribution is -0.138. The highest BCUT2D eigenvalue weighted by Gasteiger charge is 2.58. The molecular weight excluding hydrogens is 495 g/mol. The minimum atomic E-state index is -5.04. The number of carboxylic acids is 1. The number of rotatable bonds is 9. The van der Waals surface area contributed by atoms with Crippen LogP contribution in [0.3, 0.4) is 0 Å². The van der Waals surface area contributed by atoms with Crippen molar-refractivity contribution in [2.24, 2.45) is 0 Å². The molecule has 3 aromatic rings. The Morgan fingerprint density at radius 1 is 1.44 bits per heavy atom. The number of anilines is 1. The average molecular weight is 522 g/mol. The van der Waals surface area contributed by atoms with E-state index in [9.17, 15) is 29.9 Å². The number of carboxylic acid groups (broad SMARTS) is 1. The van der Waals surface area contributed by atoms with Crippen LogP contribution in [0.5, 0.6) is 5.75 Å². The van der Waals surface area contributed by atoms with Crippen LogP contribution in [0.15, 0.2) is 48.8 Å². The zero-order valence-corrected chi connectivity index (χ0v) is 19.1. The van der Waals surface area contributed by atoms with Crippen molar-refractivity contribution in [2.45, 2.75) is 36.8 Å². The van der Waals surface area contributed by atoms with Gasteiger partial charge in [-0.2, -0.15) is 15.4 Å². The molecule has 4 rings (SSSR count). The van der Waals surface area contributed by atoms with E-state index in [0.717, 1.165) is 6.33 Å². The number of aliphatic hydroxyl groups is 2. The van der Waals surface area contributed by atoms with Crippen molar-refractivity contribution in [1.29, 1.82) is 5.26 Å². The van der Waals surface area contributed by atoms with Gasteiger partial charge in [-0.05, 0) is 31.1 Å². The number of aliphatic hydroxyl groups excluding tert-OH is 2. The summed E-state index contributed by atoms with van der Waals surface area (Å²) in [5.74, 6) is -2.29. The Balaban J connectivity index is 1.65. The second kappa shape index (κ2) is 9.82. The van der Waals surface area contributed by atoms with Crippen LogP contribution in [0.1, 0.15) is 18.0 Å². The molecule has 36 heavy (non-hydrogen) atoms. The minimum absolute atomic E-state index is 0.0338. The molecule has 1 aliphatic rings. The summed E-state index contributed by atoms with van der Waals surface area (Å²) in [7, 11) is -5.04. The van der Waals surface area contributed by atoms with E-state index in [1.54, 1.807) is 17.2 Å². The zero-order valence-electron chi connectivity index (χ0n) is 22.3. The Morgan fingerprint density at radius 3 is 2.86 bits per heavy atom. The third-order valence-electron chi connectivity index (χ3n) is 5.33. The number of fused-ring (bicyclic) bond motifs is 1. The molecule has 6 N–H and O–H groups in total. The molecule has 0 spiro atoms. The van der Waals surface area contributed by atoms with Gasteiger partial charge in [0.25, 0.3) is 0 Å². The summed E-state index contributed by atoms with van der Waals surface area (Å²) in [6.07, 6.45) is -4.23. The summed E-state index contributed by atoms with van der Waals surface area (Å²) in [6, 6.07) is 8.19. The van der Waals surface area contributed by atoms with Gasteiger partial charge in [-0.25, -0.2) is 14.1 Å². The Bertz CT molecular complexity index is 1500. The number of carbonyl (C=O) groups is 1. The molecule has 1 saturated heterocycles. The standard InChI is InChI=1S/C21H23N6O8P/c1-12(20(30)31)26-36(32,35-13-5-3-2-4-6-13)33-9-15-17(28)18(29)21(10-22,34-15)16-8-7-14-19(23)24-11-25-27(14)16/h2-8,11-12,15,17-18,28-29H,9H2,1H3,(H,26,32)(H,30,31)(H2,23,24,25)/t12-,15+,17+,18+,21-,36-/m0/s1/i1D3,12D. The van der Waals surface area contributed by atoms with Crippen molar-refractivity contribution in [3.05, 3.63) is 54.5 Å². The summed E-state index contributed by atoms with van der Waals surface area (Å²) >= 11 is 0. The number of para-hydroxylation sites is 1. The number of nitrogen functional groups attached to an aromatic ring is 1. The number of aromatic nitrogens is 3.